The number of aromatic nitrogens is 2. The smallest absolute Gasteiger partial charge is 0.257 e. The molecule has 1 aromatic carbocycles. The van der Waals surface area contributed by atoms with Crippen molar-refractivity contribution in [3.63, 3.8) is 0 Å². The highest BCUT2D eigenvalue weighted by Gasteiger charge is 2.12. The van der Waals surface area contributed by atoms with E-state index in [0.29, 0.717) is 23.5 Å². The minimum atomic E-state index is -0.363. The number of rotatable bonds is 6. The summed E-state index contributed by atoms with van der Waals surface area (Å²) in [7, 11) is 1.55. The quantitative estimate of drug-likeness (QED) is 0.703. The number of pyridine rings is 2. The molecule has 0 fully saturated rings. The third kappa shape index (κ3) is 4.88. The summed E-state index contributed by atoms with van der Waals surface area (Å²) in [4.78, 5) is 32.7. The minimum Gasteiger partial charge on any atom is -0.497 e. The topological polar surface area (TPSA) is 93.2 Å². The van der Waals surface area contributed by atoms with Gasteiger partial charge in [-0.2, -0.15) is 0 Å². The second-order valence-electron chi connectivity index (χ2n) is 5.69. The molecule has 0 aliphatic carbocycles. The molecular formula is C20H18N4O3. The van der Waals surface area contributed by atoms with Crippen molar-refractivity contribution in [2.24, 2.45) is 0 Å². The molecule has 2 aromatic heterocycles. The highest BCUT2D eigenvalue weighted by Crippen LogP contribution is 2.17. The molecule has 0 atom stereocenters. The van der Waals surface area contributed by atoms with Gasteiger partial charge in [0.2, 0.25) is 0 Å². The van der Waals surface area contributed by atoms with Crippen LogP contribution in [-0.2, 0) is 6.54 Å². The first kappa shape index (κ1) is 18.1. The number of nitrogens with one attached hydrogen (secondary N) is 2. The molecule has 0 bridgehead atoms. The number of hydrogen-bond donors (Lipinski definition) is 2. The molecule has 0 aliphatic heterocycles. The zero-order valence-electron chi connectivity index (χ0n) is 14.7. The summed E-state index contributed by atoms with van der Waals surface area (Å²) in [5.74, 6) is -0.0468. The van der Waals surface area contributed by atoms with Crippen molar-refractivity contribution < 1.29 is 14.3 Å². The standard InChI is InChI=1S/C20H18N4O3/c1-27-18-6-2-5-17(9-18)24-20(26)16-8-15(12-22-13-16)19(25)23-11-14-4-3-7-21-10-14/h2-10,12-13H,11H2,1H3,(H,23,25)(H,24,26). The molecule has 27 heavy (non-hydrogen) atoms. The van der Waals surface area contributed by atoms with E-state index in [1.165, 1.54) is 18.5 Å². The molecule has 2 amide bonds. The minimum absolute atomic E-state index is 0.284. The van der Waals surface area contributed by atoms with Gasteiger partial charge in [0.25, 0.3) is 11.8 Å². The predicted octanol–water partition coefficient (Wildman–Crippen LogP) is 2.67. The maximum atomic E-state index is 12.4. The lowest BCUT2D eigenvalue weighted by Crippen LogP contribution is -2.23. The van der Waals surface area contributed by atoms with Crippen LogP contribution in [0.3, 0.4) is 0 Å². The van der Waals surface area contributed by atoms with Crippen LogP contribution in [0.1, 0.15) is 26.3 Å². The Morgan fingerprint density at radius 1 is 0.963 bits per heavy atom. The third-order valence-electron chi connectivity index (χ3n) is 3.77. The molecule has 0 radical (unpaired) electrons. The van der Waals surface area contributed by atoms with Crippen molar-refractivity contribution in [3.05, 3.63) is 83.9 Å². The van der Waals surface area contributed by atoms with Gasteiger partial charge in [-0.1, -0.05) is 12.1 Å². The van der Waals surface area contributed by atoms with Crippen LogP contribution in [0.2, 0.25) is 0 Å². The van der Waals surface area contributed by atoms with Crippen LogP contribution in [0.4, 0.5) is 5.69 Å². The van der Waals surface area contributed by atoms with Crippen LogP contribution in [0.15, 0.2) is 67.3 Å². The largest absolute Gasteiger partial charge is 0.497 e. The van der Waals surface area contributed by atoms with Crippen molar-refractivity contribution in [2.75, 3.05) is 12.4 Å². The lowest BCUT2D eigenvalue weighted by Gasteiger charge is -2.08. The fourth-order valence-corrected chi connectivity index (χ4v) is 2.38. The molecule has 0 unspecified atom stereocenters. The molecule has 0 aliphatic rings. The number of anilines is 1. The summed E-state index contributed by atoms with van der Waals surface area (Å²) in [6.45, 7) is 0.340. The molecule has 0 saturated heterocycles. The first-order chi connectivity index (χ1) is 13.2. The van der Waals surface area contributed by atoms with Crippen LogP contribution in [0.25, 0.3) is 0 Å². The molecule has 7 nitrogen and oxygen atoms in total. The van der Waals surface area contributed by atoms with Gasteiger partial charge < -0.3 is 15.4 Å². The van der Waals surface area contributed by atoms with Crippen LogP contribution < -0.4 is 15.4 Å². The second kappa shape index (κ2) is 8.57. The highest BCUT2D eigenvalue weighted by molar-refractivity contribution is 6.05. The summed E-state index contributed by atoms with van der Waals surface area (Å²) in [6.07, 6.45) is 6.17. The molecule has 3 aromatic rings. The molecule has 136 valence electrons. The number of carbonyl (C=O) groups is 2. The van der Waals surface area contributed by atoms with E-state index >= 15 is 0 Å². The Kier molecular flexibility index (Phi) is 5.73. The number of benzene rings is 1. The Hall–Kier alpha value is -3.74. The Morgan fingerprint density at radius 3 is 2.52 bits per heavy atom. The SMILES string of the molecule is COc1cccc(NC(=O)c2cncc(C(=O)NCc3cccnc3)c2)c1. The van der Waals surface area contributed by atoms with E-state index in [4.69, 9.17) is 4.74 Å². The van der Waals surface area contributed by atoms with Crippen molar-refractivity contribution in [3.8, 4) is 5.75 Å². The average molecular weight is 362 g/mol. The first-order valence-electron chi connectivity index (χ1n) is 8.23. The van der Waals surface area contributed by atoms with Crippen molar-refractivity contribution in [1.29, 1.82) is 0 Å². The first-order valence-corrected chi connectivity index (χ1v) is 8.23. The van der Waals surface area contributed by atoms with Crippen molar-refractivity contribution >= 4 is 17.5 Å². The second-order valence-corrected chi connectivity index (χ2v) is 5.69. The van der Waals surface area contributed by atoms with Crippen LogP contribution in [0.5, 0.6) is 5.75 Å². The van der Waals surface area contributed by atoms with E-state index < -0.39 is 0 Å². The fraction of sp³-hybridized carbons (Fsp3) is 0.100. The van der Waals surface area contributed by atoms with Gasteiger partial charge in [-0.15, -0.1) is 0 Å². The van der Waals surface area contributed by atoms with Gasteiger partial charge in [-0.05, 0) is 29.8 Å². The summed E-state index contributed by atoms with van der Waals surface area (Å²) in [5.41, 5.74) is 2.06. The average Bonchev–Trinajstić information content (AvgIpc) is 2.73. The molecule has 2 heterocycles. The lowest BCUT2D eigenvalue weighted by atomic mass is 10.1. The fourth-order valence-electron chi connectivity index (χ4n) is 2.38. The Morgan fingerprint density at radius 2 is 1.78 bits per heavy atom. The van der Waals surface area contributed by atoms with Gasteiger partial charge in [0.1, 0.15) is 5.75 Å². The Balaban J connectivity index is 1.66. The van der Waals surface area contributed by atoms with E-state index in [2.05, 4.69) is 20.6 Å². The van der Waals surface area contributed by atoms with E-state index in [-0.39, 0.29) is 17.4 Å². The van der Waals surface area contributed by atoms with Gasteiger partial charge in [-0.3, -0.25) is 19.6 Å². The maximum Gasteiger partial charge on any atom is 0.257 e. The van der Waals surface area contributed by atoms with Crippen molar-refractivity contribution in [1.82, 2.24) is 15.3 Å². The van der Waals surface area contributed by atoms with E-state index in [1.807, 2.05) is 6.07 Å². The number of ether oxygens (including phenoxy) is 1. The van der Waals surface area contributed by atoms with Crippen molar-refractivity contribution in [2.45, 2.75) is 6.54 Å². The Labute approximate surface area is 156 Å². The zero-order chi connectivity index (χ0) is 19.1. The predicted molar refractivity (Wildman–Crippen MR) is 101 cm³/mol. The van der Waals surface area contributed by atoms with Crippen LogP contribution in [-0.4, -0.2) is 28.9 Å². The monoisotopic (exact) mass is 362 g/mol. The normalized spacial score (nSPS) is 10.1. The van der Waals surface area contributed by atoms with Gasteiger partial charge in [0, 0.05) is 43.1 Å². The highest BCUT2D eigenvalue weighted by atomic mass is 16.5. The number of hydrogen-bond acceptors (Lipinski definition) is 5. The summed E-state index contributed by atoms with van der Waals surface area (Å²) < 4.78 is 5.14. The summed E-state index contributed by atoms with van der Waals surface area (Å²) in [5, 5.41) is 5.54. The third-order valence-corrected chi connectivity index (χ3v) is 3.77. The van der Waals surface area contributed by atoms with Gasteiger partial charge in [0.05, 0.1) is 18.2 Å². The van der Waals surface area contributed by atoms with Crippen LogP contribution in [0, 0.1) is 0 Å². The van der Waals surface area contributed by atoms with E-state index in [1.54, 1.807) is 49.8 Å². The number of methoxy groups -OCH3 is 1. The number of amides is 2. The maximum absolute atomic E-state index is 12.4. The molecule has 0 saturated carbocycles. The zero-order valence-corrected chi connectivity index (χ0v) is 14.7. The molecular weight excluding hydrogens is 344 g/mol. The summed E-state index contributed by atoms with van der Waals surface area (Å²) >= 11 is 0. The van der Waals surface area contributed by atoms with Gasteiger partial charge in [0.15, 0.2) is 0 Å². The van der Waals surface area contributed by atoms with E-state index in [0.717, 1.165) is 5.56 Å². The van der Waals surface area contributed by atoms with Gasteiger partial charge in [-0.25, -0.2) is 0 Å². The molecule has 3 rings (SSSR count). The Bertz CT molecular complexity index is 945. The molecule has 0 spiro atoms. The molecule has 2 N–H and O–H groups in total. The number of carbonyl (C=O) groups excluding carboxylic acids is 2. The molecule has 7 heteroatoms. The van der Waals surface area contributed by atoms with Crippen LogP contribution >= 0.6 is 0 Å². The van der Waals surface area contributed by atoms with E-state index in [9.17, 15) is 9.59 Å². The lowest BCUT2D eigenvalue weighted by molar-refractivity contribution is 0.0950. The summed E-state index contributed by atoms with van der Waals surface area (Å²) in [6, 6.07) is 12.2. The van der Waals surface area contributed by atoms with Gasteiger partial charge >= 0.3 is 0 Å². The number of nitrogens with zero attached hydrogens (tertiary/aromatic N) is 2.